The summed E-state index contributed by atoms with van der Waals surface area (Å²) in [6, 6.07) is 7.20. The number of benzene rings is 1. The number of carbonyl (C=O) groups is 4. The maximum absolute atomic E-state index is 13.1. The molecule has 1 N–H and O–H groups in total. The first-order valence-electron chi connectivity index (χ1n) is 15.0. The smallest absolute Gasteiger partial charge is 0.465 e. The van der Waals surface area contributed by atoms with Gasteiger partial charge in [-0.05, 0) is 32.8 Å². The topological polar surface area (TPSA) is 187 Å². The molecule has 0 aliphatic carbocycles. The summed E-state index contributed by atoms with van der Waals surface area (Å²) >= 11 is 17.6. The summed E-state index contributed by atoms with van der Waals surface area (Å²) in [5.41, 5.74) is -1.60. The van der Waals surface area contributed by atoms with Crippen LogP contribution < -0.4 is 0 Å². The van der Waals surface area contributed by atoms with E-state index in [-0.39, 0.29) is 31.3 Å². The molecule has 0 amide bonds. The van der Waals surface area contributed by atoms with Crippen LogP contribution >= 0.6 is 46.6 Å². The van der Waals surface area contributed by atoms with Crippen LogP contribution in [0.15, 0.2) is 24.3 Å². The zero-order valence-corrected chi connectivity index (χ0v) is 31.6. The molecule has 0 saturated heterocycles. The van der Waals surface area contributed by atoms with Crippen molar-refractivity contribution in [2.75, 3.05) is 63.5 Å². The molecule has 0 bridgehead atoms. The van der Waals surface area contributed by atoms with Gasteiger partial charge in [0.15, 0.2) is 0 Å². The Balaban J connectivity index is 2.77. The van der Waals surface area contributed by atoms with Crippen LogP contribution in [0, 0.1) is 17.8 Å². The van der Waals surface area contributed by atoms with Crippen LogP contribution in [0.2, 0.25) is 0 Å². The summed E-state index contributed by atoms with van der Waals surface area (Å²) in [4.78, 5) is 50.3. The molecule has 0 heterocycles. The van der Waals surface area contributed by atoms with Gasteiger partial charge in [-0.2, -0.15) is 20.2 Å². The summed E-state index contributed by atoms with van der Waals surface area (Å²) < 4.78 is 57.4. The highest BCUT2D eigenvalue weighted by Gasteiger charge is 2.40. The minimum absolute atomic E-state index is 0.0702. The molecule has 1 aromatic rings. The summed E-state index contributed by atoms with van der Waals surface area (Å²) in [5.74, 6) is -1.86. The highest BCUT2D eigenvalue weighted by molar-refractivity contribution is 8.00. The second kappa shape index (κ2) is 21.9. The third kappa shape index (κ3) is 19.1. The largest absolute Gasteiger partial charge is 0.508 e. The molecule has 0 fully saturated rings. The lowest BCUT2D eigenvalue weighted by Crippen LogP contribution is -2.42. The number of esters is 2. The highest BCUT2D eigenvalue weighted by atomic mass is 35.6. The van der Waals surface area contributed by atoms with E-state index in [1.807, 2.05) is 26.0 Å². The van der Waals surface area contributed by atoms with E-state index in [1.54, 1.807) is 12.1 Å². The lowest BCUT2D eigenvalue weighted by Gasteiger charge is -2.27. The third-order valence-corrected chi connectivity index (χ3v) is 9.12. The molecule has 0 radical (unpaired) electrons. The van der Waals surface area contributed by atoms with E-state index < -0.39 is 87.8 Å². The lowest BCUT2D eigenvalue weighted by atomic mass is 9.93. The van der Waals surface area contributed by atoms with Gasteiger partial charge in [-0.15, -0.1) is 0 Å². The first kappa shape index (κ1) is 44.8. The number of alkyl halides is 3. The van der Waals surface area contributed by atoms with Crippen LogP contribution in [0.4, 0.5) is 9.59 Å². The van der Waals surface area contributed by atoms with Crippen molar-refractivity contribution in [2.45, 2.75) is 50.9 Å². The molecule has 2 atom stereocenters. The van der Waals surface area contributed by atoms with Crippen LogP contribution in [0.3, 0.4) is 0 Å². The van der Waals surface area contributed by atoms with Gasteiger partial charge in [-0.25, -0.2) is 9.59 Å². The highest BCUT2D eigenvalue weighted by Crippen LogP contribution is 2.27. The fourth-order valence-electron chi connectivity index (χ4n) is 3.22. The molecule has 0 saturated carbocycles. The summed E-state index contributed by atoms with van der Waals surface area (Å²) in [7, 11) is -3.97. The molecule has 49 heavy (non-hydrogen) atoms. The van der Waals surface area contributed by atoms with Crippen molar-refractivity contribution in [3.63, 3.8) is 0 Å². The van der Waals surface area contributed by atoms with E-state index in [0.29, 0.717) is 12.0 Å². The Bertz CT molecular complexity index is 1310. The van der Waals surface area contributed by atoms with Gasteiger partial charge >= 0.3 is 24.2 Å². The molecular formula is C30H43Cl3O14S2. The number of unbranched alkanes of at least 4 members (excludes halogenated alkanes) is 1. The van der Waals surface area contributed by atoms with Crippen molar-refractivity contribution in [2.24, 2.45) is 10.8 Å². The first-order valence-corrected chi connectivity index (χ1v) is 18.8. The Morgan fingerprint density at radius 3 is 1.86 bits per heavy atom. The number of aryl methyl sites for hydroxylation is 1. The molecular weight excluding hydrogens is 755 g/mol. The van der Waals surface area contributed by atoms with Crippen molar-refractivity contribution in [3.05, 3.63) is 35.4 Å². The number of aliphatic hydroxyl groups is 1. The maximum atomic E-state index is 13.1. The maximum Gasteiger partial charge on any atom is 0.508 e. The van der Waals surface area contributed by atoms with Crippen LogP contribution in [-0.2, 0) is 58.9 Å². The van der Waals surface area contributed by atoms with Crippen LogP contribution in [0.25, 0.3) is 0 Å². The number of halogens is 3. The van der Waals surface area contributed by atoms with E-state index >= 15 is 0 Å². The Labute approximate surface area is 305 Å². The van der Waals surface area contributed by atoms with E-state index in [1.165, 1.54) is 13.8 Å². The van der Waals surface area contributed by atoms with Gasteiger partial charge in [0.2, 0.25) is 3.79 Å². The summed E-state index contributed by atoms with van der Waals surface area (Å²) in [6.07, 6.45) is -0.991. The third-order valence-electron chi connectivity index (χ3n) is 6.41. The van der Waals surface area contributed by atoms with E-state index in [4.69, 9.17) is 63.2 Å². The minimum Gasteiger partial charge on any atom is -0.465 e. The molecule has 14 nitrogen and oxygen atoms in total. The monoisotopic (exact) mass is 796 g/mol. The van der Waals surface area contributed by atoms with Crippen LogP contribution in [-0.4, -0.2) is 105 Å². The Morgan fingerprint density at radius 1 is 0.776 bits per heavy atom. The number of aliphatic hydroxyl groups excluding tert-OH is 1. The lowest BCUT2D eigenvalue weighted by molar-refractivity contribution is -0.161. The molecule has 280 valence electrons. The normalized spacial score (nSPS) is 14.1. The molecule has 2 unspecified atom stereocenters. The minimum atomic E-state index is -3.97. The first-order chi connectivity index (χ1) is 22.8. The van der Waals surface area contributed by atoms with Gasteiger partial charge in [0, 0.05) is 11.5 Å². The number of hydrogen-bond acceptors (Lipinski definition) is 15. The van der Waals surface area contributed by atoms with Crippen LogP contribution in [0.1, 0.15) is 44.7 Å². The number of thioether (sulfide) groups is 1. The number of rotatable bonds is 22. The second-order valence-corrected chi connectivity index (χ2v) is 16.8. The molecule has 1 aromatic carbocycles. The molecule has 0 aromatic heterocycles. The average molecular weight is 798 g/mol. The van der Waals surface area contributed by atoms with E-state index in [0.717, 1.165) is 23.7 Å². The molecule has 1 rings (SSSR count). The zero-order chi connectivity index (χ0) is 37.1. The van der Waals surface area contributed by atoms with Crippen molar-refractivity contribution < 1.29 is 65.3 Å². The Kier molecular flexibility index (Phi) is 20.0. The second-order valence-electron chi connectivity index (χ2n) is 11.3. The van der Waals surface area contributed by atoms with Gasteiger partial charge < -0.3 is 33.5 Å². The van der Waals surface area contributed by atoms with Gasteiger partial charge in [-0.1, -0.05) is 78.0 Å². The van der Waals surface area contributed by atoms with Crippen molar-refractivity contribution in [1.82, 2.24) is 0 Å². The number of ether oxygens (including phenoxy) is 6. The van der Waals surface area contributed by atoms with Crippen LogP contribution in [0.5, 0.6) is 0 Å². The van der Waals surface area contributed by atoms with E-state index in [9.17, 15) is 32.7 Å². The fourth-order valence-corrected chi connectivity index (χ4v) is 5.75. The summed E-state index contributed by atoms with van der Waals surface area (Å²) in [6.45, 7) is 3.08. The van der Waals surface area contributed by atoms with Gasteiger partial charge in [0.25, 0.3) is 10.1 Å². The molecule has 0 spiro atoms. The fraction of sp³-hybridized carbons (Fsp3) is 0.667. The molecule has 0 aliphatic heterocycles. The SMILES string of the molecule is CCCCOC(=O)C(C)(CO)COC(=O)OCC(C)(COC(=O)OCc1ccc(C)cc1)C(=O)OCCSCCS(=O)(=O)OCC(Cl)(Cl)Cl. The number of hydrogen-bond donors (Lipinski definition) is 1. The van der Waals surface area contributed by atoms with Gasteiger partial charge in [0.1, 0.15) is 50.5 Å². The predicted molar refractivity (Wildman–Crippen MR) is 182 cm³/mol. The number of carbonyl (C=O) groups excluding carboxylic acids is 4. The molecule has 19 heteroatoms. The standard InChI is InChI=1S/C30H43Cl3O14S2/c1-5-6-11-41-24(35)28(3,17-34)18-44-27(38)46-20-29(4,19-45-26(37)43-16-23-9-7-22(2)8-10-23)25(36)42-12-13-48-14-15-49(39,40)47-21-30(31,32)33/h7-10,34H,5-6,11-21H2,1-4H3. The van der Waals surface area contributed by atoms with Crippen molar-refractivity contribution >= 4 is 80.9 Å². The zero-order valence-electron chi connectivity index (χ0n) is 27.7. The summed E-state index contributed by atoms with van der Waals surface area (Å²) in [5, 5.41) is 9.73. The Hall–Kier alpha value is -2.21. The van der Waals surface area contributed by atoms with Crippen molar-refractivity contribution in [1.29, 1.82) is 0 Å². The van der Waals surface area contributed by atoms with E-state index in [2.05, 4.69) is 4.18 Å². The van der Waals surface area contributed by atoms with Gasteiger partial charge in [0.05, 0.1) is 19.0 Å². The van der Waals surface area contributed by atoms with Gasteiger partial charge in [-0.3, -0.25) is 13.8 Å². The Morgan fingerprint density at radius 2 is 1.31 bits per heavy atom. The average Bonchev–Trinajstić information content (AvgIpc) is 3.05. The predicted octanol–water partition coefficient (Wildman–Crippen LogP) is 5.14. The van der Waals surface area contributed by atoms with Crippen molar-refractivity contribution in [3.8, 4) is 0 Å². The molecule has 0 aliphatic rings. The quantitative estimate of drug-likeness (QED) is 0.0534.